The van der Waals surface area contributed by atoms with Crippen molar-refractivity contribution < 1.29 is 54.9 Å². The predicted octanol–water partition coefficient (Wildman–Crippen LogP) is 20.2. The lowest BCUT2D eigenvalue weighted by molar-refractivity contribution is -0.144. The van der Waals surface area contributed by atoms with E-state index in [1.807, 2.05) is 110 Å². The molecule has 8 nitrogen and oxygen atoms in total. The Bertz CT molecular complexity index is 4120. The zero-order valence-electron chi connectivity index (χ0n) is 53.3. The Morgan fingerprint density at radius 1 is 0.667 bits per heavy atom. The summed E-state index contributed by atoms with van der Waals surface area (Å²) in [5.41, 5.74) is 3.60. The summed E-state index contributed by atoms with van der Waals surface area (Å²) in [6.45, 7) is 10.0. The minimum absolute atomic E-state index is 0.171. The topological polar surface area (TPSA) is 86.3 Å². The van der Waals surface area contributed by atoms with Gasteiger partial charge >= 0.3 is 18.3 Å². The Morgan fingerprint density at radius 3 is 1.98 bits per heavy atom. The Hall–Kier alpha value is -8.36. The number of alkyl halides is 6. The van der Waals surface area contributed by atoms with Crippen molar-refractivity contribution in [2.24, 2.45) is 17.8 Å². The number of hydrogen-bond donors (Lipinski definition) is 1. The van der Waals surface area contributed by atoms with Gasteiger partial charge in [0.05, 0.1) is 37.4 Å². The largest absolute Gasteiger partial charge is 0.496 e. The number of halogens is 6. The maximum absolute atomic E-state index is 15.5. The second kappa shape index (κ2) is 25.5. The van der Waals surface area contributed by atoms with Gasteiger partial charge in [0.1, 0.15) is 17.2 Å². The van der Waals surface area contributed by atoms with Gasteiger partial charge < -0.3 is 29.2 Å². The molecule has 1 saturated heterocycles. The van der Waals surface area contributed by atoms with E-state index in [1.54, 1.807) is 32.0 Å². The molecule has 2 saturated carbocycles. The molecule has 5 aliphatic rings. The van der Waals surface area contributed by atoms with Gasteiger partial charge in [0, 0.05) is 63.4 Å². The van der Waals surface area contributed by atoms with Crippen molar-refractivity contribution in [3.05, 3.63) is 202 Å². The molecule has 482 valence electrons. The van der Waals surface area contributed by atoms with Crippen LogP contribution in [-0.2, 0) is 37.7 Å². The van der Waals surface area contributed by atoms with Gasteiger partial charge in [-0.05, 0) is 192 Å². The van der Waals surface area contributed by atoms with E-state index < -0.39 is 34.5 Å². The van der Waals surface area contributed by atoms with Gasteiger partial charge in [-0.15, -0.1) is 0 Å². The lowest BCUT2D eigenvalue weighted by atomic mass is 9.75. The van der Waals surface area contributed by atoms with Gasteiger partial charge in [0.15, 0.2) is 5.60 Å². The average Bonchev–Trinajstić information content (AvgIpc) is 1.56. The van der Waals surface area contributed by atoms with Crippen molar-refractivity contribution in [2.45, 2.75) is 134 Å². The number of nitrogens with one attached hydrogen (secondary N) is 1. The highest BCUT2D eigenvalue weighted by molar-refractivity contribution is 6.11. The number of anilines is 2. The second-order valence-corrected chi connectivity index (χ2v) is 26.7. The fourth-order valence-corrected chi connectivity index (χ4v) is 15.6. The summed E-state index contributed by atoms with van der Waals surface area (Å²) in [7, 11) is 1.51. The Morgan fingerprint density at radius 2 is 1.33 bits per heavy atom. The molecule has 0 spiro atoms. The van der Waals surface area contributed by atoms with Crippen molar-refractivity contribution in [3.8, 4) is 50.6 Å². The molecular weight excluding hydrogens is 1190 g/mol. The molecule has 93 heavy (non-hydrogen) atoms. The number of hydrogen-bond acceptors (Lipinski definition) is 7. The SMILES string of the molecule is CCCCCC1CCC(c2ccc(-c3ccc(OC(=O)C4CCC(C(=O)Nc5ccc(-c6cc7c8c(c9c(c7cc6OC)OC(c6ccccc6)(c6ccc(N7CCOCC7)cc6)C=C9)C(C)(C)c6c-8cc(C(F)(F)F)cc6C(F)(F)F)c(C)c5)CC4)cc3)cc2)CC1. The number of ether oxygens (including phenoxy) is 4. The number of morpholine rings is 1. The molecule has 0 radical (unpaired) electrons. The molecule has 14 heteroatoms. The summed E-state index contributed by atoms with van der Waals surface area (Å²) in [6.07, 6.45) is 5.92. The monoisotopic (exact) mass is 1260 g/mol. The average molecular weight is 1270 g/mol. The highest BCUT2D eigenvalue weighted by Gasteiger charge is 2.50. The van der Waals surface area contributed by atoms with Crippen LogP contribution in [0.5, 0.6) is 17.2 Å². The first-order valence-electron chi connectivity index (χ1n) is 33.0. The minimum Gasteiger partial charge on any atom is -0.496 e. The quantitative estimate of drug-likeness (QED) is 0.0474. The van der Waals surface area contributed by atoms with Crippen LogP contribution in [0.25, 0.3) is 50.2 Å². The number of esters is 1. The first-order valence-corrected chi connectivity index (χ1v) is 33.0. The van der Waals surface area contributed by atoms with Crippen molar-refractivity contribution in [2.75, 3.05) is 43.6 Å². The number of benzene rings is 8. The van der Waals surface area contributed by atoms with Gasteiger partial charge in [-0.2, -0.15) is 26.3 Å². The highest BCUT2D eigenvalue weighted by Crippen LogP contribution is 2.62. The maximum atomic E-state index is 15.5. The summed E-state index contributed by atoms with van der Waals surface area (Å²) in [5.74, 6) is 1.46. The van der Waals surface area contributed by atoms with Crippen LogP contribution in [-0.4, -0.2) is 45.3 Å². The van der Waals surface area contributed by atoms with E-state index in [0.717, 1.165) is 53.0 Å². The number of nitrogens with zero attached hydrogens (tertiary/aromatic N) is 1. The van der Waals surface area contributed by atoms with Crippen molar-refractivity contribution in [1.82, 2.24) is 0 Å². The van der Waals surface area contributed by atoms with E-state index in [1.165, 1.54) is 64.0 Å². The minimum atomic E-state index is -5.15. The fraction of sp³-hybridized carbons (Fsp3) is 0.367. The molecule has 0 aromatic heterocycles. The molecule has 2 aliphatic heterocycles. The number of fused-ring (bicyclic) bond motifs is 8. The van der Waals surface area contributed by atoms with E-state index in [9.17, 15) is 22.8 Å². The van der Waals surface area contributed by atoms with Crippen LogP contribution in [0.15, 0.2) is 152 Å². The maximum Gasteiger partial charge on any atom is 0.416 e. The summed E-state index contributed by atoms with van der Waals surface area (Å²) in [5, 5.41) is 3.88. The standard InChI is InChI=1S/C79H78F6N2O6/c1-6-7-9-12-49-15-17-50(18-16-49)51-19-21-52(22-20-51)53-27-34-61(35-28-53)92-75(89)55-25-23-54(24-26-55)74(88)86-59-31-36-62(48(2)43-59)64-46-65-66(47-69(64)90-5)73-63(72-70(65)67-44-58(78(80,81)82)45-68(79(83,84)85)71(67)76(72,3)4)37-38-77(93-73,56-13-10-8-11-14-56)57-29-32-60(33-30-57)87-39-41-91-42-40-87/h8,10-11,13-14,19-22,27-38,43-47,49-50,54-55H,6-7,9,12,15-18,23-26,39-42H2,1-5H3,(H,86,88). The smallest absolute Gasteiger partial charge is 0.416 e. The van der Waals surface area contributed by atoms with E-state index in [-0.39, 0.29) is 46.5 Å². The van der Waals surface area contributed by atoms with E-state index in [0.29, 0.717) is 106 Å². The lowest BCUT2D eigenvalue weighted by Gasteiger charge is -2.39. The van der Waals surface area contributed by atoms with Gasteiger partial charge in [0.2, 0.25) is 5.91 Å². The van der Waals surface area contributed by atoms with Crippen LogP contribution < -0.4 is 24.4 Å². The van der Waals surface area contributed by atoms with E-state index >= 15 is 13.2 Å². The Kier molecular flexibility index (Phi) is 17.4. The first kappa shape index (κ1) is 63.4. The summed E-state index contributed by atoms with van der Waals surface area (Å²) in [6, 6.07) is 44.3. The molecule has 8 aromatic rings. The number of carbonyl (C=O) groups is 2. The molecule has 1 atom stereocenters. The molecule has 8 aromatic carbocycles. The highest BCUT2D eigenvalue weighted by atomic mass is 19.4. The predicted molar refractivity (Wildman–Crippen MR) is 355 cm³/mol. The summed E-state index contributed by atoms with van der Waals surface area (Å²) >= 11 is 0. The number of rotatable bonds is 15. The lowest BCUT2D eigenvalue weighted by Crippen LogP contribution is -2.37. The van der Waals surface area contributed by atoms with Gasteiger partial charge in [-0.1, -0.05) is 137 Å². The fourth-order valence-electron chi connectivity index (χ4n) is 15.6. The number of methoxy groups -OCH3 is 1. The number of carbonyl (C=O) groups excluding carboxylic acids is 2. The zero-order valence-corrected chi connectivity index (χ0v) is 53.3. The van der Waals surface area contributed by atoms with Crippen LogP contribution in [0, 0.1) is 24.7 Å². The number of unbranched alkanes of at least 4 members (excludes halogenated alkanes) is 2. The molecule has 1 N–H and O–H groups in total. The molecule has 3 aliphatic carbocycles. The van der Waals surface area contributed by atoms with Crippen LogP contribution in [0.2, 0.25) is 0 Å². The Balaban J connectivity index is 0.757. The van der Waals surface area contributed by atoms with Crippen molar-refractivity contribution >= 4 is 40.1 Å². The third-order valence-corrected chi connectivity index (χ3v) is 20.6. The molecule has 2 heterocycles. The third kappa shape index (κ3) is 12.3. The van der Waals surface area contributed by atoms with Crippen molar-refractivity contribution in [1.29, 1.82) is 0 Å². The van der Waals surface area contributed by atoms with Crippen molar-refractivity contribution in [3.63, 3.8) is 0 Å². The number of aryl methyl sites for hydroxylation is 1. The molecule has 13 rings (SSSR count). The molecule has 3 fully saturated rings. The van der Waals surface area contributed by atoms with Crippen LogP contribution in [0.3, 0.4) is 0 Å². The first-order chi connectivity index (χ1) is 44.7. The molecule has 1 amide bonds. The zero-order chi connectivity index (χ0) is 65.0. The van der Waals surface area contributed by atoms with Gasteiger partial charge in [0.25, 0.3) is 0 Å². The third-order valence-electron chi connectivity index (χ3n) is 20.6. The summed E-state index contributed by atoms with van der Waals surface area (Å²) < 4.78 is 116. The van der Waals surface area contributed by atoms with Crippen LogP contribution in [0.4, 0.5) is 37.7 Å². The van der Waals surface area contributed by atoms with E-state index in [2.05, 4.69) is 41.4 Å². The van der Waals surface area contributed by atoms with Gasteiger partial charge in [-0.25, -0.2) is 0 Å². The Labute approximate surface area is 540 Å². The summed E-state index contributed by atoms with van der Waals surface area (Å²) in [4.78, 5) is 29.8. The van der Waals surface area contributed by atoms with Crippen LogP contribution in [0.1, 0.15) is 154 Å². The second-order valence-electron chi connectivity index (χ2n) is 26.7. The molecule has 1 unspecified atom stereocenters. The normalized spacial score (nSPS) is 20.9. The number of amides is 1. The molecular formula is C79H78F6N2O6. The van der Waals surface area contributed by atoms with E-state index in [4.69, 9.17) is 18.9 Å². The molecule has 0 bridgehead atoms. The van der Waals surface area contributed by atoms with Crippen LogP contribution >= 0.6 is 0 Å². The van der Waals surface area contributed by atoms with Gasteiger partial charge in [-0.3, -0.25) is 9.59 Å².